The molecule has 0 aliphatic carbocycles. The lowest BCUT2D eigenvalue weighted by molar-refractivity contribution is -0.104. The third-order valence-corrected chi connectivity index (χ3v) is 5.97. The van der Waals surface area contributed by atoms with Crippen molar-refractivity contribution in [1.29, 1.82) is 0 Å². The number of aryl methyl sites for hydroxylation is 1. The van der Waals surface area contributed by atoms with Gasteiger partial charge in [0.2, 0.25) is 5.95 Å². The minimum absolute atomic E-state index is 0.131. The number of halogens is 1. The number of benzene rings is 2. The largest absolute Gasteiger partial charge is 0.319 e. The van der Waals surface area contributed by atoms with Gasteiger partial charge < -0.3 is 9.47 Å². The van der Waals surface area contributed by atoms with Crippen molar-refractivity contribution in [2.24, 2.45) is 7.05 Å². The maximum atomic E-state index is 12.3. The molecule has 0 aliphatic heterocycles. The van der Waals surface area contributed by atoms with E-state index in [1.54, 1.807) is 6.08 Å². The van der Waals surface area contributed by atoms with Gasteiger partial charge >= 0.3 is 0 Å². The number of anilines is 1. The summed E-state index contributed by atoms with van der Waals surface area (Å²) in [6, 6.07) is 15.1. The van der Waals surface area contributed by atoms with Crippen LogP contribution < -0.4 is 4.90 Å². The molecule has 0 saturated carbocycles. The Bertz CT molecular complexity index is 1130. The van der Waals surface area contributed by atoms with Crippen molar-refractivity contribution >= 4 is 35.3 Å². The van der Waals surface area contributed by atoms with Crippen LogP contribution in [0.2, 0.25) is 5.02 Å². The van der Waals surface area contributed by atoms with Crippen LogP contribution in [0.1, 0.15) is 61.9 Å². The predicted octanol–water partition coefficient (Wildman–Crippen LogP) is 6.96. The highest BCUT2D eigenvalue weighted by atomic mass is 35.5. The quantitative estimate of drug-likeness (QED) is 0.122. The van der Waals surface area contributed by atoms with E-state index in [9.17, 15) is 9.59 Å². The molecular formula is C28H32ClN3O2. The Hall–Kier alpha value is -3.18. The van der Waals surface area contributed by atoms with Crippen LogP contribution in [0.4, 0.5) is 5.95 Å². The Morgan fingerprint density at radius 3 is 2.29 bits per heavy atom. The van der Waals surface area contributed by atoms with Gasteiger partial charge in [-0.15, -0.1) is 0 Å². The highest BCUT2D eigenvalue weighted by Crippen LogP contribution is 2.30. The molecule has 0 saturated heterocycles. The van der Waals surface area contributed by atoms with Gasteiger partial charge in [-0.3, -0.25) is 9.59 Å². The minimum Gasteiger partial charge on any atom is -0.319 e. The number of carbonyl (C=O) groups is 2. The molecule has 0 amide bonds. The van der Waals surface area contributed by atoms with Crippen LogP contribution in [0, 0.1) is 0 Å². The molecule has 0 radical (unpaired) electrons. The Labute approximate surface area is 207 Å². The monoisotopic (exact) mass is 477 g/mol. The first-order valence-electron chi connectivity index (χ1n) is 11.8. The van der Waals surface area contributed by atoms with Crippen LogP contribution in [0.3, 0.4) is 0 Å². The molecule has 6 heteroatoms. The maximum absolute atomic E-state index is 12.3. The average molecular weight is 478 g/mol. The smallest absolute Gasteiger partial charge is 0.210 e. The molecule has 0 spiro atoms. The number of unbranched alkanes of at least 4 members (excludes halogenated alkanes) is 2. The topological polar surface area (TPSA) is 55.2 Å². The molecule has 1 aromatic heterocycles. The first-order valence-corrected chi connectivity index (χ1v) is 12.2. The van der Waals surface area contributed by atoms with Crippen molar-refractivity contribution < 1.29 is 9.59 Å². The van der Waals surface area contributed by atoms with Crippen LogP contribution in [0.15, 0.2) is 60.8 Å². The molecule has 3 rings (SSSR count). The predicted molar refractivity (Wildman–Crippen MR) is 140 cm³/mol. The molecule has 178 valence electrons. The van der Waals surface area contributed by atoms with Gasteiger partial charge in [-0.2, -0.15) is 0 Å². The summed E-state index contributed by atoms with van der Waals surface area (Å²) in [6.07, 6.45) is 8.83. The number of Topliss-reactive ketones (excluding diaryl/α,β-unsaturated/α-hetero) is 1. The fraction of sp³-hybridized carbons (Fsp3) is 0.321. The number of hydrogen-bond donors (Lipinski definition) is 0. The van der Waals surface area contributed by atoms with Gasteiger partial charge in [0.1, 0.15) is 6.29 Å². The second kappa shape index (κ2) is 12.3. The molecule has 0 bridgehead atoms. The Kier molecular flexibility index (Phi) is 9.23. The lowest BCUT2D eigenvalue weighted by Gasteiger charge is -2.26. The van der Waals surface area contributed by atoms with Gasteiger partial charge in [0.15, 0.2) is 5.78 Å². The number of imidazole rings is 1. The average Bonchev–Trinajstić information content (AvgIpc) is 3.22. The van der Waals surface area contributed by atoms with Crippen molar-refractivity contribution in [2.45, 2.75) is 46.0 Å². The molecule has 0 aliphatic rings. The number of carbonyl (C=O) groups excluding carboxylic acids is 2. The molecule has 3 aromatic rings. The van der Waals surface area contributed by atoms with Crippen molar-refractivity contribution in [3.8, 4) is 11.3 Å². The highest BCUT2D eigenvalue weighted by molar-refractivity contribution is 6.30. The van der Waals surface area contributed by atoms with Crippen molar-refractivity contribution in [3.05, 3.63) is 77.0 Å². The molecule has 5 nitrogen and oxygen atoms in total. The summed E-state index contributed by atoms with van der Waals surface area (Å²) >= 11 is 6.05. The standard InChI is InChI=1S/C28H32ClN3O2/c1-4-6-7-18-32(28-30-25(20-31(28)3)21-13-15-24(29)16-14-21)26(17-19-33)22-9-11-23(12-10-22)27(34)8-5-2/h9-17,19-20H,4-8,18H2,1-3H3/b26-17-. The second-order valence-electron chi connectivity index (χ2n) is 8.34. The van der Waals surface area contributed by atoms with E-state index < -0.39 is 0 Å². The zero-order chi connectivity index (χ0) is 24.5. The number of allylic oxidation sites excluding steroid dienone is 1. The summed E-state index contributed by atoms with van der Waals surface area (Å²) in [6.45, 7) is 4.88. The highest BCUT2D eigenvalue weighted by Gasteiger charge is 2.20. The first-order chi connectivity index (χ1) is 16.5. The lowest BCUT2D eigenvalue weighted by Crippen LogP contribution is -2.26. The maximum Gasteiger partial charge on any atom is 0.210 e. The second-order valence-corrected chi connectivity index (χ2v) is 8.78. The molecule has 34 heavy (non-hydrogen) atoms. The Morgan fingerprint density at radius 1 is 1.00 bits per heavy atom. The van der Waals surface area contributed by atoms with Gasteiger partial charge in [-0.25, -0.2) is 4.98 Å². The van der Waals surface area contributed by atoms with Crippen LogP contribution in [0.25, 0.3) is 17.0 Å². The van der Waals surface area contributed by atoms with Gasteiger partial charge in [0.05, 0.1) is 11.4 Å². The van der Waals surface area contributed by atoms with E-state index in [0.717, 1.165) is 67.0 Å². The van der Waals surface area contributed by atoms with E-state index in [1.165, 1.54) is 0 Å². The fourth-order valence-corrected chi connectivity index (χ4v) is 4.05. The minimum atomic E-state index is 0.131. The zero-order valence-electron chi connectivity index (χ0n) is 20.1. The normalized spacial score (nSPS) is 11.5. The summed E-state index contributed by atoms with van der Waals surface area (Å²) in [7, 11) is 1.96. The summed E-state index contributed by atoms with van der Waals surface area (Å²) in [5.74, 6) is 0.881. The van der Waals surface area contributed by atoms with Gasteiger partial charge in [-0.1, -0.05) is 74.7 Å². The molecule has 0 unspecified atom stereocenters. The number of aldehydes is 1. The van der Waals surface area contributed by atoms with Crippen LogP contribution >= 0.6 is 11.6 Å². The third kappa shape index (κ3) is 6.23. The molecule has 2 aromatic carbocycles. The van der Waals surface area contributed by atoms with Crippen LogP contribution in [-0.4, -0.2) is 28.2 Å². The van der Waals surface area contributed by atoms with Crippen LogP contribution in [0.5, 0.6) is 0 Å². The molecule has 0 atom stereocenters. The third-order valence-electron chi connectivity index (χ3n) is 5.71. The summed E-state index contributed by atoms with van der Waals surface area (Å²) in [4.78, 5) is 31.0. The van der Waals surface area contributed by atoms with E-state index in [1.807, 2.05) is 73.3 Å². The zero-order valence-corrected chi connectivity index (χ0v) is 20.9. The van der Waals surface area contributed by atoms with E-state index in [4.69, 9.17) is 16.6 Å². The van der Waals surface area contributed by atoms with Crippen LogP contribution in [-0.2, 0) is 11.8 Å². The first kappa shape index (κ1) is 25.4. The molecule has 1 heterocycles. The van der Waals surface area contributed by atoms with E-state index in [0.29, 0.717) is 17.0 Å². The van der Waals surface area contributed by atoms with Gasteiger partial charge in [0, 0.05) is 48.4 Å². The lowest BCUT2D eigenvalue weighted by atomic mass is 10.0. The van der Waals surface area contributed by atoms with E-state index in [2.05, 4.69) is 11.8 Å². The molecule has 0 fully saturated rings. The number of ketones is 1. The molecule has 0 N–H and O–H groups in total. The molecular weight excluding hydrogens is 446 g/mol. The van der Waals surface area contributed by atoms with Crippen molar-refractivity contribution in [2.75, 3.05) is 11.4 Å². The Balaban J connectivity index is 2.01. The Morgan fingerprint density at radius 2 is 1.68 bits per heavy atom. The number of rotatable bonds is 12. The summed E-state index contributed by atoms with van der Waals surface area (Å²) < 4.78 is 1.98. The van der Waals surface area contributed by atoms with Crippen molar-refractivity contribution in [1.82, 2.24) is 9.55 Å². The van der Waals surface area contributed by atoms with E-state index in [-0.39, 0.29) is 5.78 Å². The van der Waals surface area contributed by atoms with Crippen molar-refractivity contribution in [3.63, 3.8) is 0 Å². The summed E-state index contributed by atoms with van der Waals surface area (Å²) in [5.41, 5.74) is 4.13. The van der Waals surface area contributed by atoms with Gasteiger partial charge in [-0.05, 0) is 30.5 Å². The number of aromatic nitrogens is 2. The van der Waals surface area contributed by atoms with E-state index >= 15 is 0 Å². The fourth-order valence-electron chi connectivity index (χ4n) is 3.92. The number of hydrogen-bond acceptors (Lipinski definition) is 4. The number of nitrogens with zero attached hydrogens (tertiary/aromatic N) is 3. The van der Waals surface area contributed by atoms with Gasteiger partial charge in [0.25, 0.3) is 0 Å². The summed E-state index contributed by atoms with van der Waals surface area (Å²) in [5, 5.41) is 0.679. The SMILES string of the molecule is CCCCCN(/C(=C\C=O)c1ccc(C(=O)CCC)cc1)c1nc(-c2ccc(Cl)cc2)cn1C.